The molecule has 2 N–H and O–H groups in total. The smallest absolute Gasteiger partial charge is 0.338 e. The monoisotopic (exact) mass is 505 g/mol. The summed E-state index contributed by atoms with van der Waals surface area (Å²) in [6.45, 7) is 1.05. The van der Waals surface area contributed by atoms with Gasteiger partial charge in [-0.25, -0.2) is 4.79 Å². The Balaban J connectivity index is 1.36. The van der Waals surface area contributed by atoms with Gasteiger partial charge in [0.15, 0.2) is 6.61 Å². The highest BCUT2D eigenvalue weighted by Crippen LogP contribution is 2.31. The van der Waals surface area contributed by atoms with E-state index in [2.05, 4.69) is 10.9 Å². The number of hydrogen-bond acceptors (Lipinski definition) is 6. The highest BCUT2D eigenvalue weighted by atomic mass is 35.5. The minimum atomic E-state index is -0.875. The maximum atomic E-state index is 13.0. The van der Waals surface area contributed by atoms with Gasteiger partial charge >= 0.3 is 5.97 Å². The normalized spacial score (nSPS) is 13.1. The molecule has 1 heterocycles. The molecule has 1 aliphatic heterocycles. The number of amides is 4. The van der Waals surface area contributed by atoms with Crippen molar-refractivity contribution < 1.29 is 28.7 Å². The minimum Gasteiger partial charge on any atom is -0.452 e. The standard InChI is InChI=1S/C26H20ClN3O6/c1-15(16-7-3-2-4-8-16)30-24(33)18-12-11-17(13-20(18)25(30)34)26(35)36-14-22(31)28-29-23(32)19-9-5-6-10-21(19)27/h2-13,15H,14H2,1H3,(H,28,31)(H,29,32)/t15-/m1/s1. The van der Waals surface area contributed by atoms with Crippen LogP contribution in [0.1, 0.15) is 60.0 Å². The highest BCUT2D eigenvalue weighted by molar-refractivity contribution is 6.33. The van der Waals surface area contributed by atoms with E-state index in [1.807, 2.05) is 30.3 Å². The zero-order chi connectivity index (χ0) is 25.8. The van der Waals surface area contributed by atoms with Crippen molar-refractivity contribution in [1.29, 1.82) is 0 Å². The molecular weight excluding hydrogens is 486 g/mol. The van der Waals surface area contributed by atoms with Crippen LogP contribution in [-0.2, 0) is 9.53 Å². The van der Waals surface area contributed by atoms with Gasteiger partial charge in [0, 0.05) is 0 Å². The molecule has 1 atom stereocenters. The number of fused-ring (bicyclic) bond motifs is 1. The van der Waals surface area contributed by atoms with Gasteiger partial charge in [-0.3, -0.25) is 34.9 Å². The number of imide groups is 1. The summed E-state index contributed by atoms with van der Waals surface area (Å²) in [5, 5.41) is 0.206. The molecule has 1 aliphatic rings. The Kier molecular flexibility index (Phi) is 7.12. The van der Waals surface area contributed by atoms with E-state index >= 15 is 0 Å². The molecule has 10 heteroatoms. The second kappa shape index (κ2) is 10.4. The van der Waals surface area contributed by atoms with Gasteiger partial charge in [-0.05, 0) is 42.8 Å². The van der Waals surface area contributed by atoms with Crippen molar-refractivity contribution in [2.75, 3.05) is 6.61 Å². The molecule has 0 spiro atoms. The molecule has 0 aliphatic carbocycles. The van der Waals surface area contributed by atoms with Crippen molar-refractivity contribution in [3.63, 3.8) is 0 Å². The van der Waals surface area contributed by atoms with Crippen LogP contribution in [-0.4, -0.2) is 41.1 Å². The summed E-state index contributed by atoms with van der Waals surface area (Å²) >= 11 is 5.93. The Hall–Kier alpha value is -4.50. The van der Waals surface area contributed by atoms with Gasteiger partial charge in [-0.2, -0.15) is 0 Å². The van der Waals surface area contributed by atoms with Crippen molar-refractivity contribution in [2.45, 2.75) is 13.0 Å². The molecule has 9 nitrogen and oxygen atoms in total. The predicted molar refractivity (Wildman–Crippen MR) is 129 cm³/mol. The Labute approximate surface area is 211 Å². The van der Waals surface area contributed by atoms with Crippen LogP contribution in [0.25, 0.3) is 0 Å². The molecular formula is C26H20ClN3O6. The Morgan fingerprint density at radius 3 is 2.28 bits per heavy atom. The molecule has 4 rings (SSSR count). The SMILES string of the molecule is C[C@H](c1ccccc1)N1C(=O)c2ccc(C(=O)OCC(=O)NNC(=O)c3ccccc3Cl)cc2C1=O. The quantitative estimate of drug-likeness (QED) is 0.301. The summed E-state index contributed by atoms with van der Waals surface area (Å²) < 4.78 is 4.98. The van der Waals surface area contributed by atoms with E-state index in [4.69, 9.17) is 16.3 Å². The Morgan fingerprint density at radius 1 is 0.889 bits per heavy atom. The van der Waals surface area contributed by atoms with Gasteiger partial charge in [0.05, 0.1) is 33.3 Å². The van der Waals surface area contributed by atoms with Gasteiger partial charge in [0.25, 0.3) is 23.6 Å². The molecule has 182 valence electrons. The lowest BCUT2D eigenvalue weighted by atomic mass is 10.1. The molecule has 0 radical (unpaired) electrons. The second-order valence-electron chi connectivity index (χ2n) is 7.89. The van der Waals surface area contributed by atoms with E-state index in [-0.39, 0.29) is 27.3 Å². The first-order valence-corrected chi connectivity index (χ1v) is 11.2. The van der Waals surface area contributed by atoms with E-state index in [0.29, 0.717) is 0 Å². The summed E-state index contributed by atoms with van der Waals surface area (Å²) in [6, 6.07) is 18.9. The van der Waals surface area contributed by atoms with E-state index in [0.717, 1.165) is 10.5 Å². The van der Waals surface area contributed by atoms with Crippen molar-refractivity contribution >= 4 is 41.2 Å². The van der Waals surface area contributed by atoms with Gasteiger partial charge in [0.2, 0.25) is 0 Å². The topological polar surface area (TPSA) is 122 Å². The lowest BCUT2D eigenvalue weighted by Crippen LogP contribution is -2.43. The number of rotatable bonds is 6. The van der Waals surface area contributed by atoms with E-state index < -0.39 is 42.2 Å². The van der Waals surface area contributed by atoms with Crippen LogP contribution < -0.4 is 10.9 Å². The van der Waals surface area contributed by atoms with Crippen LogP contribution in [0, 0.1) is 0 Å². The molecule has 0 saturated carbocycles. The fourth-order valence-electron chi connectivity index (χ4n) is 3.71. The fourth-order valence-corrected chi connectivity index (χ4v) is 3.93. The number of esters is 1. The van der Waals surface area contributed by atoms with E-state index in [1.165, 1.54) is 30.3 Å². The van der Waals surface area contributed by atoms with Gasteiger partial charge in [-0.15, -0.1) is 0 Å². The maximum Gasteiger partial charge on any atom is 0.338 e. The first-order valence-electron chi connectivity index (χ1n) is 10.9. The third-order valence-electron chi connectivity index (χ3n) is 5.59. The van der Waals surface area contributed by atoms with Crippen molar-refractivity contribution in [3.8, 4) is 0 Å². The largest absolute Gasteiger partial charge is 0.452 e. The van der Waals surface area contributed by atoms with Crippen LogP contribution in [0.15, 0.2) is 72.8 Å². The lowest BCUT2D eigenvalue weighted by Gasteiger charge is -2.22. The predicted octanol–water partition coefficient (Wildman–Crippen LogP) is 3.32. The number of ether oxygens (including phenoxy) is 1. The Morgan fingerprint density at radius 2 is 1.56 bits per heavy atom. The molecule has 0 aromatic heterocycles. The molecule has 0 fully saturated rings. The second-order valence-corrected chi connectivity index (χ2v) is 8.29. The average Bonchev–Trinajstić information content (AvgIpc) is 3.15. The molecule has 4 amide bonds. The van der Waals surface area contributed by atoms with E-state index in [9.17, 15) is 24.0 Å². The summed E-state index contributed by atoms with van der Waals surface area (Å²) in [7, 11) is 0. The maximum absolute atomic E-state index is 13.0. The number of nitrogens with zero attached hydrogens (tertiary/aromatic N) is 1. The van der Waals surface area contributed by atoms with Crippen molar-refractivity contribution in [1.82, 2.24) is 15.8 Å². The summed E-state index contributed by atoms with van der Waals surface area (Å²) in [6.07, 6.45) is 0. The van der Waals surface area contributed by atoms with Crippen molar-refractivity contribution in [2.24, 2.45) is 0 Å². The fraction of sp³-hybridized carbons (Fsp3) is 0.115. The summed E-state index contributed by atoms with van der Waals surface area (Å²) in [5.41, 5.74) is 5.50. The van der Waals surface area contributed by atoms with Gasteiger partial charge in [-0.1, -0.05) is 54.1 Å². The number of benzene rings is 3. The highest BCUT2D eigenvalue weighted by Gasteiger charge is 2.39. The number of nitrogens with one attached hydrogen (secondary N) is 2. The lowest BCUT2D eigenvalue weighted by molar-refractivity contribution is -0.125. The molecule has 36 heavy (non-hydrogen) atoms. The number of carbonyl (C=O) groups excluding carboxylic acids is 5. The first kappa shape index (κ1) is 24.6. The van der Waals surface area contributed by atoms with Crippen LogP contribution in [0.3, 0.4) is 0 Å². The average molecular weight is 506 g/mol. The van der Waals surface area contributed by atoms with Crippen LogP contribution in [0.2, 0.25) is 5.02 Å². The Bertz CT molecular complexity index is 1380. The zero-order valence-corrected chi connectivity index (χ0v) is 19.7. The molecule has 3 aromatic rings. The van der Waals surface area contributed by atoms with Crippen LogP contribution in [0.4, 0.5) is 0 Å². The molecule has 0 saturated heterocycles. The third kappa shape index (κ3) is 4.96. The van der Waals surface area contributed by atoms with Crippen LogP contribution in [0.5, 0.6) is 0 Å². The van der Waals surface area contributed by atoms with Crippen LogP contribution >= 0.6 is 11.6 Å². The van der Waals surface area contributed by atoms with Gasteiger partial charge < -0.3 is 4.74 Å². The summed E-state index contributed by atoms with van der Waals surface area (Å²) in [4.78, 5) is 63.5. The van der Waals surface area contributed by atoms with Gasteiger partial charge in [0.1, 0.15) is 0 Å². The minimum absolute atomic E-state index is 0.00276. The third-order valence-corrected chi connectivity index (χ3v) is 5.92. The van der Waals surface area contributed by atoms with E-state index in [1.54, 1.807) is 19.1 Å². The molecule has 0 unspecified atom stereocenters. The number of halogens is 1. The molecule has 3 aromatic carbocycles. The molecule has 0 bridgehead atoms. The number of hydrazine groups is 1. The number of hydrogen-bond donors (Lipinski definition) is 2. The zero-order valence-electron chi connectivity index (χ0n) is 19.0. The number of carbonyl (C=O) groups is 5. The van der Waals surface area contributed by atoms with Crippen molar-refractivity contribution in [3.05, 3.63) is 106 Å². The first-order chi connectivity index (χ1) is 17.3. The summed E-state index contributed by atoms with van der Waals surface area (Å²) in [5.74, 6) is -3.29.